The molecule has 4 heterocycles. The van der Waals surface area contributed by atoms with Crippen molar-refractivity contribution in [2.24, 2.45) is 0 Å². The summed E-state index contributed by atoms with van der Waals surface area (Å²) in [6.07, 6.45) is 1.87. The Morgan fingerprint density at radius 1 is 1.12 bits per heavy atom. The van der Waals surface area contributed by atoms with Gasteiger partial charge in [0.25, 0.3) is 5.91 Å². The fourth-order valence-electron chi connectivity index (χ4n) is 4.73. The van der Waals surface area contributed by atoms with Gasteiger partial charge in [-0.15, -0.1) is 5.10 Å². The molecule has 172 valence electrons. The molecule has 9 nitrogen and oxygen atoms in total. The van der Waals surface area contributed by atoms with E-state index in [1.165, 1.54) is 23.3 Å². The summed E-state index contributed by atoms with van der Waals surface area (Å²) < 4.78 is 14.4. The number of rotatable bonds is 4. The van der Waals surface area contributed by atoms with Crippen molar-refractivity contribution in [2.45, 2.75) is 33.0 Å². The SMILES string of the molecule is Cc1cc(C)cc(Nc2ncc3c(n2)CN(C2CN(C(=O)c4cc5[nH]nnc5cc4F)C2)C3)c1. The number of fused-ring (bicyclic) bond motifs is 2. The van der Waals surface area contributed by atoms with Gasteiger partial charge >= 0.3 is 0 Å². The van der Waals surface area contributed by atoms with E-state index in [1.54, 1.807) is 4.90 Å². The molecule has 34 heavy (non-hydrogen) atoms. The van der Waals surface area contributed by atoms with Crippen molar-refractivity contribution in [1.29, 1.82) is 0 Å². The Balaban J connectivity index is 1.10. The summed E-state index contributed by atoms with van der Waals surface area (Å²) in [4.78, 5) is 26.0. The number of amides is 1. The zero-order valence-corrected chi connectivity index (χ0v) is 18.8. The van der Waals surface area contributed by atoms with Crippen LogP contribution in [0.4, 0.5) is 16.0 Å². The lowest BCUT2D eigenvalue weighted by Crippen LogP contribution is -2.59. The predicted octanol–water partition coefficient (Wildman–Crippen LogP) is 3.09. The second-order valence-electron chi connectivity index (χ2n) is 9.10. The molecule has 2 aliphatic heterocycles. The minimum Gasteiger partial charge on any atom is -0.335 e. The second-order valence-corrected chi connectivity index (χ2v) is 9.10. The fraction of sp³-hybridized carbons (Fsp3) is 0.292. The number of likely N-dealkylation sites (tertiary alicyclic amines) is 1. The number of benzene rings is 2. The van der Waals surface area contributed by atoms with Crippen LogP contribution in [0.15, 0.2) is 36.5 Å². The van der Waals surface area contributed by atoms with Gasteiger partial charge in [0.1, 0.15) is 11.3 Å². The smallest absolute Gasteiger partial charge is 0.257 e. The number of nitrogens with zero attached hydrogens (tertiary/aromatic N) is 6. The van der Waals surface area contributed by atoms with Crippen LogP contribution < -0.4 is 5.32 Å². The van der Waals surface area contributed by atoms with Crippen molar-refractivity contribution in [3.05, 3.63) is 70.3 Å². The number of hydrogen-bond acceptors (Lipinski definition) is 7. The number of H-pyrrole nitrogens is 1. The van der Waals surface area contributed by atoms with Crippen LogP contribution >= 0.6 is 0 Å². The van der Waals surface area contributed by atoms with E-state index in [9.17, 15) is 9.18 Å². The molecule has 0 unspecified atom stereocenters. The number of halogens is 1. The molecule has 2 aliphatic rings. The minimum absolute atomic E-state index is 0.0367. The first-order valence-electron chi connectivity index (χ1n) is 11.2. The first kappa shape index (κ1) is 20.7. The van der Waals surface area contributed by atoms with E-state index in [0.29, 0.717) is 36.6 Å². The largest absolute Gasteiger partial charge is 0.335 e. The van der Waals surface area contributed by atoms with Crippen LogP contribution in [0.1, 0.15) is 32.7 Å². The molecule has 1 saturated heterocycles. The van der Waals surface area contributed by atoms with Gasteiger partial charge in [-0.1, -0.05) is 11.3 Å². The number of carbonyl (C=O) groups excluding carboxylic acids is 1. The Hall–Kier alpha value is -3.92. The first-order valence-corrected chi connectivity index (χ1v) is 11.2. The van der Waals surface area contributed by atoms with Crippen molar-refractivity contribution in [3.63, 3.8) is 0 Å². The van der Waals surface area contributed by atoms with E-state index >= 15 is 0 Å². The van der Waals surface area contributed by atoms with Crippen molar-refractivity contribution >= 4 is 28.6 Å². The predicted molar refractivity (Wildman–Crippen MR) is 124 cm³/mol. The van der Waals surface area contributed by atoms with E-state index in [4.69, 9.17) is 4.98 Å². The van der Waals surface area contributed by atoms with Crippen LogP contribution in [0.2, 0.25) is 0 Å². The molecule has 4 aromatic rings. The van der Waals surface area contributed by atoms with Crippen molar-refractivity contribution in [3.8, 4) is 0 Å². The van der Waals surface area contributed by atoms with Crippen molar-refractivity contribution in [2.75, 3.05) is 18.4 Å². The third kappa shape index (κ3) is 3.65. The number of aromatic nitrogens is 5. The molecular formula is C24H23FN8O. The van der Waals surface area contributed by atoms with Gasteiger partial charge in [-0.25, -0.2) is 14.4 Å². The Kier molecular flexibility index (Phi) is 4.77. The van der Waals surface area contributed by atoms with Gasteiger partial charge in [0.15, 0.2) is 0 Å². The first-order chi connectivity index (χ1) is 16.4. The van der Waals surface area contributed by atoms with Crippen LogP contribution in [0.3, 0.4) is 0 Å². The summed E-state index contributed by atoms with van der Waals surface area (Å²) in [6.45, 7) is 6.67. The standard InChI is InChI=1S/C24H23FN8O/c1-13-3-14(2)5-16(4-13)27-24-26-8-15-9-32(12-22(15)28-24)17-10-33(11-17)23(34)18-6-20-21(7-19(18)25)30-31-29-20/h3-8,17H,9-12H2,1-2H3,(H,26,27,28)(H,29,30,31). The molecule has 0 bridgehead atoms. The summed E-state index contributed by atoms with van der Waals surface area (Å²) in [7, 11) is 0. The summed E-state index contributed by atoms with van der Waals surface area (Å²) in [6, 6.07) is 9.18. The average Bonchev–Trinajstić information content (AvgIpc) is 3.37. The Morgan fingerprint density at radius 3 is 2.71 bits per heavy atom. The third-order valence-electron chi connectivity index (χ3n) is 6.47. The van der Waals surface area contributed by atoms with Crippen molar-refractivity contribution in [1.82, 2.24) is 35.2 Å². The molecule has 0 atom stereocenters. The number of carbonyl (C=O) groups is 1. The molecule has 0 spiro atoms. The lowest BCUT2D eigenvalue weighted by Gasteiger charge is -2.44. The highest BCUT2D eigenvalue weighted by molar-refractivity contribution is 5.98. The highest BCUT2D eigenvalue weighted by Gasteiger charge is 2.38. The topological polar surface area (TPSA) is 103 Å². The van der Waals surface area contributed by atoms with E-state index in [1.807, 2.05) is 6.20 Å². The molecule has 0 radical (unpaired) electrons. The number of anilines is 2. The molecule has 2 aromatic heterocycles. The van der Waals surface area contributed by atoms with Gasteiger partial charge in [-0.2, -0.15) is 0 Å². The summed E-state index contributed by atoms with van der Waals surface area (Å²) in [5.74, 6) is -0.320. The second kappa shape index (κ2) is 7.84. The van der Waals surface area contributed by atoms with E-state index in [2.05, 4.69) is 62.7 Å². The number of aromatic amines is 1. The zero-order chi connectivity index (χ0) is 23.4. The molecule has 1 amide bonds. The van der Waals surface area contributed by atoms with E-state index < -0.39 is 5.82 Å². The van der Waals surface area contributed by atoms with Crippen LogP contribution in [-0.2, 0) is 13.1 Å². The summed E-state index contributed by atoms with van der Waals surface area (Å²) in [5.41, 5.74) is 6.40. The zero-order valence-electron chi connectivity index (χ0n) is 18.8. The van der Waals surface area contributed by atoms with Crippen LogP contribution in [0.25, 0.3) is 11.0 Å². The van der Waals surface area contributed by atoms with Crippen LogP contribution in [-0.4, -0.2) is 60.2 Å². The van der Waals surface area contributed by atoms with Gasteiger partial charge in [0.2, 0.25) is 5.95 Å². The molecule has 0 saturated carbocycles. The lowest BCUT2D eigenvalue weighted by molar-refractivity contribution is 0.0245. The third-order valence-corrected chi connectivity index (χ3v) is 6.47. The number of hydrogen-bond donors (Lipinski definition) is 2. The quantitative estimate of drug-likeness (QED) is 0.484. The molecule has 1 fully saturated rings. The van der Waals surface area contributed by atoms with Gasteiger partial charge < -0.3 is 10.2 Å². The highest BCUT2D eigenvalue weighted by Crippen LogP contribution is 2.29. The maximum Gasteiger partial charge on any atom is 0.257 e. The highest BCUT2D eigenvalue weighted by atomic mass is 19.1. The van der Waals surface area contributed by atoms with E-state index in [-0.39, 0.29) is 17.5 Å². The Bertz CT molecular complexity index is 1410. The average molecular weight is 459 g/mol. The molecule has 2 aromatic carbocycles. The van der Waals surface area contributed by atoms with Crippen molar-refractivity contribution < 1.29 is 9.18 Å². The number of aryl methyl sites for hydroxylation is 2. The molecule has 0 aliphatic carbocycles. The van der Waals surface area contributed by atoms with Crippen LogP contribution in [0, 0.1) is 19.7 Å². The maximum atomic E-state index is 14.4. The summed E-state index contributed by atoms with van der Waals surface area (Å²) in [5, 5.41) is 13.4. The van der Waals surface area contributed by atoms with E-state index in [0.717, 1.165) is 23.5 Å². The molecule has 2 N–H and O–H groups in total. The van der Waals surface area contributed by atoms with Gasteiger partial charge in [0, 0.05) is 55.7 Å². The maximum absolute atomic E-state index is 14.4. The number of nitrogens with one attached hydrogen (secondary N) is 2. The molecular weight excluding hydrogens is 435 g/mol. The Morgan fingerprint density at radius 2 is 1.91 bits per heavy atom. The van der Waals surface area contributed by atoms with Gasteiger partial charge in [-0.05, 0) is 43.2 Å². The molecule has 10 heteroatoms. The minimum atomic E-state index is -0.581. The van der Waals surface area contributed by atoms with Gasteiger partial charge in [-0.3, -0.25) is 14.8 Å². The monoisotopic (exact) mass is 458 g/mol. The Labute approximate surface area is 195 Å². The summed E-state index contributed by atoms with van der Waals surface area (Å²) >= 11 is 0. The molecule has 6 rings (SSSR count). The van der Waals surface area contributed by atoms with Crippen LogP contribution in [0.5, 0.6) is 0 Å². The fourth-order valence-corrected chi connectivity index (χ4v) is 4.73. The normalized spacial score (nSPS) is 16.0. The van der Waals surface area contributed by atoms with Gasteiger partial charge in [0.05, 0.1) is 16.8 Å². The lowest BCUT2D eigenvalue weighted by atomic mass is 10.0.